The van der Waals surface area contributed by atoms with Gasteiger partial charge in [0.2, 0.25) is 0 Å². The summed E-state index contributed by atoms with van der Waals surface area (Å²) in [6, 6.07) is 17.8. The first-order chi connectivity index (χ1) is 15.3. The van der Waals surface area contributed by atoms with Crippen molar-refractivity contribution < 1.29 is 22.8 Å². The number of hydrogen-bond donors (Lipinski definition) is 0. The number of amides is 1. The van der Waals surface area contributed by atoms with Crippen LogP contribution in [0.1, 0.15) is 31.8 Å². The Morgan fingerprint density at radius 3 is 2.00 bits per heavy atom. The zero-order chi connectivity index (χ0) is 22.7. The summed E-state index contributed by atoms with van der Waals surface area (Å²) in [5, 5.41) is 0. The lowest BCUT2D eigenvalue weighted by Gasteiger charge is -2.35. The number of carbonyl (C=O) groups excluding carboxylic acids is 2. The van der Waals surface area contributed by atoms with Crippen LogP contribution in [0.5, 0.6) is 0 Å². The lowest BCUT2D eigenvalue weighted by Crippen LogP contribution is -2.49. The van der Waals surface area contributed by atoms with Crippen LogP contribution in [-0.2, 0) is 6.18 Å². The molecule has 32 heavy (non-hydrogen) atoms. The number of benzene rings is 2. The van der Waals surface area contributed by atoms with E-state index in [9.17, 15) is 22.8 Å². The lowest BCUT2D eigenvalue weighted by molar-refractivity contribution is -0.137. The van der Waals surface area contributed by atoms with E-state index in [-0.39, 0.29) is 11.7 Å². The van der Waals surface area contributed by atoms with Crippen molar-refractivity contribution in [1.29, 1.82) is 0 Å². The van der Waals surface area contributed by atoms with Gasteiger partial charge in [0.05, 0.1) is 11.1 Å². The van der Waals surface area contributed by atoms with Gasteiger partial charge < -0.3 is 9.80 Å². The molecule has 4 rings (SSSR count). The van der Waals surface area contributed by atoms with Gasteiger partial charge in [-0.15, -0.1) is 0 Å². The number of rotatable bonds is 4. The molecule has 2 aromatic carbocycles. The zero-order valence-electron chi connectivity index (χ0n) is 17.0. The highest BCUT2D eigenvalue weighted by atomic mass is 19.4. The molecule has 0 radical (unpaired) electrons. The van der Waals surface area contributed by atoms with Gasteiger partial charge in [0.25, 0.3) is 5.91 Å². The number of nitrogens with zero attached hydrogens (tertiary/aromatic N) is 3. The smallest absolute Gasteiger partial charge is 0.353 e. The van der Waals surface area contributed by atoms with Crippen LogP contribution in [0, 0.1) is 0 Å². The summed E-state index contributed by atoms with van der Waals surface area (Å²) in [6.07, 6.45) is -3.61. The van der Waals surface area contributed by atoms with Crippen LogP contribution >= 0.6 is 0 Å². The lowest BCUT2D eigenvalue weighted by atomic mass is 9.97. The second-order valence-corrected chi connectivity index (χ2v) is 7.42. The number of pyridine rings is 1. The minimum absolute atomic E-state index is 0.220. The summed E-state index contributed by atoms with van der Waals surface area (Å²) in [4.78, 5) is 33.5. The zero-order valence-corrected chi connectivity index (χ0v) is 17.0. The van der Waals surface area contributed by atoms with Crippen molar-refractivity contribution in [2.45, 2.75) is 6.18 Å². The summed E-state index contributed by atoms with van der Waals surface area (Å²) < 4.78 is 38.2. The molecule has 5 nitrogen and oxygen atoms in total. The first-order valence-corrected chi connectivity index (χ1v) is 10.1. The maximum absolute atomic E-state index is 13.2. The second kappa shape index (κ2) is 8.82. The monoisotopic (exact) mass is 439 g/mol. The molecule has 1 aliphatic rings. The van der Waals surface area contributed by atoms with Gasteiger partial charge in [0.15, 0.2) is 5.78 Å². The Bertz CT molecular complexity index is 1110. The van der Waals surface area contributed by atoms with Gasteiger partial charge in [0.1, 0.15) is 5.82 Å². The van der Waals surface area contributed by atoms with Gasteiger partial charge in [-0.2, -0.15) is 13.2 Å². The van der Waals surface area contributed by atoms with Crippen LogP contribution in [0.25, 0.3) is 0 Å². The van der Waals surface area contributed by atoms with Crippen molar-refractivity contribution in [3.8, 4) is 0 Å². The average Bonchev–Trinajstić information content (AvgIpc) is 2.83. The molecule has 1 amide bonds. The molecular formula is C24H20F3N3O2. The summed E-state index contributed by atoms with van der Waals surface area (Å²) in [5.74, 6) is -0.0307. The van der Waals surface area contributed by atoms with E-state index in [2.05, 4.69) is 4.98 Å². The highest BCUT2D eigenvalue weighted by Crippen LogP contribution is 2.29. The minimum atomic E-state index is -4.43. The summed E-state index contributed by atoms with van der Waals surface area (Å²) in [6.45, 7) is 1.60. The maximum atomic E-state index is 13.2. The largest absolute Gasteiger partial charge is 0.417 e. The Balaban J connectivity index is 1.46. The molecule has 0 aliphatic carbocycles. The number of alkyl halides is 3. The standard InChI is InChI=1S/C24H20F3N3O2/c25-24(26,27)18-10-11-21(28-16-18)29-12-14-30(15-13-29)23(32)20-9-5-4-8-19(20)22(31)17-6-2-1-3-7-17/h1-11,16H,12-15H2. The Hall–Kier alpha value is -3.68. The molecule has 0 spiro atoms. The highest BCUT2D eigenvalue weighted by molar-refractivity contribution is 6.15. The van der Waals surface area contributed by atoms with Gasteiger partial charge >= 0.3 is 6.18 Å². The van der Waals surface area contributed by atoms with E-state index >= 15 is 0 Å². The Labute approximate surface area is 183 Å². The van der Waals surface area contributed by atoms with E-state index in [1.165, 1.54) is 6.07 Å². The summed E-state index contributed by atoms with van der Waals surface area (Å²) in [7, 11) is 0. The van der Waals surface area contributed by atoms with Crippen molar-refractivity contribution >= 4 is 17.5 Å². The SMILES string of the molecule is O=C(c1ccccc1)c1ccccc1C(=O)N1CCN(c2ccc(C(F)(F)F)cn2)CC1. The molecular weight excluding hydrogens is 419 g/mol. The van der Waals surface area contributed by atoms with Gasteiger partial charge in [-0.1, -0.05) is 48.5 Å². The maximum Gasteiger partial charge on any atom is 0.417 e. The molecule has 2 heterocycles. The third-order valence-electron chi connectivity index (χ3n) is 5.40. The number of hydrogen-bond acceptors (Lipinski definition) is 4. The van der Waals surface area contributed by atoms with Crippen LogP contribution in [0.4, 0.5) is 19.0 Å². The quantitative estimate of drug-likeness (QED) is 0.569. The molecule has 1 aliphatic heterocycles. The molecule has 1 fully saturated rings. The predicted molar refractivity (Wildman–Crippen MR) is 114 cm³/mol. The third-order valence-corrected chi connectivity index (χ3v) is 5.40. The van der Waals surface area contributed by atoms with Crippen molar-refractivity contribution in [2.75, 3.05) is 31.1 Å². The van der Waals surface area contributed by atoms with Crippen molar-refractivity contribution in [3.63, 3.8) is 0 Å². The molecule has 0 bridgehead atoms. The molecule has 3 aromatic rings. The van der Waals surface area contributed by atoms with Gasteiger partial charge in [-0.3, -0.25) is 9.59 Å². The van der Waals surface area contributed by atoms with Crippen LogP contribution in [0.2, 0.25) is 0 Å². The molecule has 0 unspecified atom stereocenters. The molecule has 0 atom stereocenters. The topological polar surface area (TPSA) is 53.5 Å². The Morgan fingerprint density at radius 1 is 0.781 bits per heavy atom. The highest BCUT2D eigenvalue weighted by Gasteiger charge is 2.31. The van der Waals surface area contributed by atoms with Crippen molar-refractivity contribution in [2.24, 2.45) is 0 Å². The number of carbonyl (C=O) groups is 2. The van der Waals surface area contributed by atoms with E-state index < -0.39 is 11.7 Å². The van der Waals surface area contributed by atoms with E-state index in [0.29, 0.717) is 48.7 Å². The van der Waals surface area contributed by atoms with Crippen LogP contribution in [0.15, 0.2) is 72.9 Å². The van der Waals surface area contributed by atoms with Gasteiger partial charge in [-0.25, -0.2) is 4.98 Å². The average molecular weight is 439 g/mol. The van der Waals surface area contributed by atoms with Gasteiger partial charge in [-0.05, 0) is 18.2 Å². The molecule has 8 heteroatoms. The van der Waals surface area contributed by atoms with E-state index in [0.717, 1.165) is 12.3 Å². The molecule has 164 valence electrons. The number of halogens is 3. The number of aromatic nitrogens is 1. The minimum Gasteiger partial charge on any atom is -0.353 e. The normalized spacial score (nSPS) is 14.3. The van der Waals surface area contributed by atoms with E-state index in [1.54, 1.807) is 53.4 Å². The summed E-state index contributed by atoms with van der Waals surface area (Å²) >= 11 is 0. The molecule has 1 saturated heterocycles. The molecule has 0 N–H and O–H groups in total. The van der Waals surface area contributed by atoms with Crippen LogP contribution < -0.4 is 4.90 Å². The number of piperazine rings is 1. The fraction of sp³-hybridized carbons (Fsp3) is 0.208. The van der Waals surface area contributed by atoms with E-state index in [1.807, 2.05) is 11.0 Å². The van der Waals surface area contributed by atoms with Crippen molar-refractivity contribution in [1.82, 2.24) is 9.88 Å². The third kappa shape index (κ3) is 4.49. The first kappa shape index (κ1) is 21.5. The predicted octanol–water partition coefficient (Wildman–Crippen LogP) is 4.29. The molecule has 1 aromatic heterocycles. The van der Waals surface area contributed by atoms with E-state index in [4.69, 9.17) is 0 Å². The van der Waals surface area contributed by atoms with Crippen LogP contribution in [0.3, 0.4) is 0 Å². The fourth-order valence-corrected chi connectivity index (χ4v) is 3.66. The molecule has 0 saturated carbocycles. The first-order valence-electron chi connectivity index (χ1n) is 10.1. The summed E-state index contributed by atoms with van der Waals surface area (Å²) in [5.41, 5.74) is 0.388. The number of ketones is 1. The van der Waals surface area contributed by atoms with Crippen LogP contribution in [-0.4, -0.2) is 47.8 Å². The van der Waals surface area contributed by atoms with Crippen molar-refractivity contribution in [3.05, 3.63) is 95.2 Å². The Kier molecular flexibility index (Phi) is 5.94. The fourth-order valence-electron chi connectivity index (χ4n) is 3.66. The second-order valence-electron chi connectivity index (χ2n) is 7.42. The Morgan fingerprint density at radius 2 is 1.41 bits per heavy atom. The number of anilines is 1. The van der Waals surface area contributed by atoms with Gasteiger partial charge in [0, 0.05) is 43.5 Å².